The zero-order valence-electron chi connectivity index (χ0n) is 32.4. The minimum atomic E-state index is -5.07. The summed E-state index contributed by atoms with van der Waals surface area (Å²) in [5.74, 6) is -0.987. The number of fused-ring (bicyclic) bond motifs is 2. The normalized spacial score (nSPS) is 18.6. The van der Waals surface area contributed by atoms with E-state index in [4.69, 9.17) is 17.2 Å². The van der Waals surface area contributed by atoms with Gasteiger partial charge in [-0.05, 0) is 0 Å². The molecule has 0 saturated heterocycles. The van der Waals surface area contributed by atoms with Crippen molar-refractivity contribution in [3.63, 3.8) is 0 Å². The average Bonchev–Trinajstić information content (AvgIpc) is 3.65. The molecule has 2 unspecified atom stereocenters. The van der Waals surface area contributed by atoms with Crippen LogP contribution in [0.1, 0.15) is 110 Å². The van der Waals surface area contributed by atoms with Crippen molar-refractivity contribution in [2.75, 3.05) is 0 Å². The molecule has 0 bridgehead atoms. The molecule has 0 heterocycles. The molecule has 0 N–H and O–H groups in total. The van der Waals surface area contributed by atoms with Crippen molar-refractivity contribution in [1.82, 2.24) is 0 Å². The fourth-order valence-corrected chi connectivity index (χ4v) is 53.3. The molecule has 0 radical (unpaired) electrons. The van der Waals surface area contributed by atoms with Crippen LogP contribution >= 0.6 is 17.2 Å². The van der Waals surface area contributed by atoms with Crippen LogP contribution in [0.2, 0.25) is 13.1 Å². The van der Waals surface area contributed by atoms with E-state index >= 15 is 0 Å². The molecule has 0 saturated carbocycles. The van der Waals surface area contributed by atoms with Gasteiger partial charge in [-0.25, -0.2) is 0 Å². The van der Waals surface area contributed by atoms with Gasteiger partial charge in [0.15, 0.2) is 0 Å². The van der Waals surface area contributed by atoms with Crippen LogP contribution in [0.4, 0.5) is 0 Å². The number of hydrogen-bond acceptors (Lipinski definition) is 0. The molecular formula is C46H57Cl2HfSi. The molecule has 0 fully saturated rings. The molecule has 4 aromatic rings. The monoisotopic (exact) mass is 887 g/mol. The summed E-state index contributed by atoms with van der Waals surface area (Å²) in [6, 6.07) is 32.2. The SMILES string of the molecule is CC(C)C1=Cc2c(-c3ccc(C(C)(C)C)cc3)cccc2[CH]1[Hf]([Cl])([Cl])([CH]1C(C(C)C)=Cc2c(-c3ccc(C(C)(C)C)cc3)cccc21)[SiH](C)C. The van der Waals surface area contributed by atoms with Crippen molar-refractivity contribution in [1.29, 1.82) is 0 Å². The quantitative estimate of drug-likeness (QED) is 0.162. The van der Waals surface area contributed by atoms with Crippen LogP contribution in [0.5, 0.6) is 0 Å². The Balaban J connectivity index is 1.55. The molecule has 0 spiro atoms. The number of allylic oxidation sites excluding steroid dienone is 2. The summed E-state index contributed by atoms with van der Waals surface area (Å²) in [5.41, 5.74) is 16.3. The number of rotatable bonds is 7. The first-order chi connectivity index (χ1) is 23.2. The van der Waals surface area contributed by atoms with Crippen LogP contribution in [0.15, 0.2) is 96.1 Å². The zero-order valence-corrected chi connectivity index (χ0v) is 38.6. The first kappa shape index (κ1) is 37.8. The maximum absolute atomic E-state index is 8.78. The van der Waals surface area contributed by atoms with Crippen LogP contribution in [0.3, 0.4) is 0 Å². The van der Waals surface area contributed by atoms with Gasteiger partial charge in [0.2, 0.25) is 0 Å². The van der Waals surface area contributed by atoms with Gasteiger partial charge in [-0.2, -0.15) is 0 Å². The van der Waals surface area contributed by atoms with Crippen molar-refractivity contribution in [3.8, 4) is 22.3 Å². The standard InChI is InChI=1S/2C22H25.C2H7Si.2ClH.Hf/c2*1-15(2)18-13-17-7-6-8-20(21(17)14-18)16-9-11-19(12-10-16)22(3,4)5;1-3-2;;;/h2*6-15H,1-5H3;3H,1-2H3;2*1H;/q;;;;;+2/p-2. The van der Waals surface area contributed by atoms with Crippen LogP contribution in [-0.4, -0.2) is 5.98 Å². The van der Waals surface area contributed by atoms with Gasteiger partial charge in [0.25, 0.3) is 0 Å². The van der Waals surface area contributed by atoms with E-state index in [0.717, 1.165) is 0 Å². The molecule has 0 aromatic heterocycles. The van der Waals surface area contributed by atoms with Crippen LogP contribution < -0.4 is 0 Å². The summed E-state index contributed by atoms with van der Waals surface area (Å²) in [6.07, 6.45) is 4.99. The van der Waals surface area contributed by atoms with Gasteiger partial charge in [-0.15, -0.1) is 0 Å². The molecule has 2 aliphatic carbocycles. The van der Waals surface area contributed by atoms with Crippen LogP contribution in [-0.2, 0) is 26.1 Å². The molecule has 0 nitrogen and oxygen atoms in total. The second-order valence-electron chi connectivity index (χ2n) is 18.1. The number of benzene rings is 4. The van der Waals surface area contributed by atoms with E-state index in [1.165, 1.54) is 66.8 Å². The molecule has 263 valence electrons. The van der Waals surface area contributed by atoms with E-state index < -0.39 is 21.3 Å². The van der Waals surface area contributed by atoms with Crippen LogP contribution in [0, 0.1) is 11.8 Å². The molecule has 2 aliphatic rings. The van der Waals surface area contributed by atoms with Gasteiger partial charge in [-0.3, -0.25) is 0 Å². The van der Waals surface area contributed by atoms with Gasteiger partial charge >= 0.3 is 315 Å². The minimum absolute atomic E-state index is 0.0821. The van der Waals surface area contributed by atoms with E-state index in [0.29, 0.717) is 11.8 Å². The third-order valence-corrected chi connectivity index (χ3v) is 84.4. The Labute approximate surface area is 312 Å². The van der Waals surface area contributed by atoms with E-state index in [1.54, 1.807) is 0 Å². The van der Waals surface area contributed by atoms with E-state index in [-0.39, 0.29) is 18.2 Å². The Bertz CT molecular complexity index is 1840. The van der Waals surface area contributed by atoms with Crippen molar-refractivity contribution in [3.05, 3.63) is 129 Å². The summed E-state index contributed by atoms with van der Waals surface area (Å²) >= 11 is -5.07. The number of hydrogen-bond donors (Lipinski definition) is 0. The second kappa shape index (κ2) is 13.2. The first-order valence-corrected chi connectivity index (χ1v) is 40.9. The van der Waals surface area contributed by atoms with Gasteiger partial charge in [0, 0.05) is 0 Å². The van der Waals surface area contributed by atoms with Gasteiger partial charge < -0.3 is 0 Å². The van der Waals surface area contributed by atoms with Crippen molar-refractivity contribution in [2.45, 2.75) is 101 Å². The molecule has 6 rings (SSSR count). The predicted molar refractivity (Wildman–Crippen MR) is 223 cm³/mol. The Morgan fingerprint density at radius 1 is 0.540 bits per heavy atom. The molecule has 0 amide bonds. The topological polar surface area (TPSA) is 0 Å². The van der Waals surface area contributed by atoms with Crippen molar-refractivity contribution >= 4 is 35.3 Å². The van der Waals surface area contributed by atoms with Gasteiger partial charge in [-0.1, -0.05) is 0 Å². The molecule has 4 heteroatoms. The van der Waals surface area contributed by atoms with Crippen LogP contribution in [0.25, 0.3) is 34.4 Å². The third-order valence-electron chi connectivity index (χ3n) is 11.9. The molecule has 2 atom stereocenters. The zero-order chi connectivity index (χ0) is 36.6. The average molecular weight is 887 g/mol. The summed E-state index contributed by atoms with van der Waals surface area (Å²) in [4.78, 5) is 0. The maximum atomic E-state index is 8.78. The van der Waals surface area contributed by atoms with Crippen molar-refractivity contribution < 1.29 is 15.3 Å². The van der Waals surface area contributed by atoms with E-state index in [1.807, 2.05) is 0 Å². The Kier molecular flexibility index (Phi) is 9.94. The first-order valence-electron chi connectivity index (χ1n) is 18.7. The molecule has 0 aliphatic heterocycles. The Morgan fingerprint density at radius 3 is 1.16 bits per heavy atom. The summed E-state index contributed by atoms with van der Waals surface area (Å²) < 4.78 is 0.164. The summed E-state index contributed by atoms with van der Waals surface area (Å²) in [6.45, 7) is 28.0. The van der Waals surface area contributed by atoms with Gasteiger partial charge in [0.05, 0.1) is 0 Å². The van der Waals surface area contributed by atoms with E-state index in [9.17, 15) is 0 Å². The molecule has 50 heavy (non-hydrogen) atoms. The fourth-order valence-electron chi connectivity index (χ4n) is 8.72. The summed E-state index contributed by atoms with van der Waals surface area (Å²) in [5, 5.41) is 0. The predicted octanol–water partition coefficient (Wildman–Crippen LogP) is 14.5. The fraction of sp³-hybridized carbons (Fsp3) is 0.391. The van der Waals surface area contributed by atoms with Gasteiger partial charge in [0.1, 0.15) is 0 Å². The second-order valence-corrected chi connectivity index (χ2v) is 77.4. The molecule has 4 aromatic carbocycles. The van der Waals surface area contributed by atoms with E-state index in [2.05, 4.69) is 179 Å². The molecular weight excluding hydrogens is 830 g/mol. The van der Waals surface area contributed by atoms with Crippen molar-refractivity contribution in [2.24, 2.45) is 11.8 Å². The third kappa shape index (κ3) is 6.27. The summed E-state index contributed by atoms with van der Waals surface area (Å²) in [7, 11) is 17.6. The number of halogens is 2. The Morgan fingerprint density at radius 2 is 0.880 bits per heavy atom. The Hall–Kier alpha value is -1.97.